The number of thioether (sulfide) groups is 1. The number of rotatable bonds is 11. The molecule has 17 heteroatoms. The van der Waals surface area contributed by atoms with Gasteiger partial charge in [0, 0.05) is 30.0 Å². The molecule has 2 aliphatic heterocycles. The molecule has 3 amide bonds. The predicted molar refractivity (Wildman–Crippen MR) is 166 cm³/mol. The van der Waals surface area contributed by atoms with Crippen molar-refractivity contribution in [3.05, 3.63) is 127 Å². The molecule has 2 heterocycles. The Hall–Kier alpha value is -5.48. The first-order valence-electron chi connectivity index (χ1n) is 13.8. The summed E-state index contributed by atoms with van der Waals surface area (Å²) in [7, 11) is 0. The minimum absolute atomic E-state index is 0.0812. The zero-order valence-corrected chi connectivity index (χ0v) is 25.6. The van der Waals surface area contributed by atoms with Crippen molar-refractivity contribution in [2.75, 3.05) is 5.75 Å². The third kappa shape index (κ3) is 7.50. The molecule has 1 saturated heterocycles. The van der Waals surface area contributed by atoms with Crippen molar-refractivity contribution >= 4 is 58.6 Å². The van der Waals surface area contributed by atoms with Gasteiger partial charge in [-0.3, -0.25) is 34.7 Å². The lowest BCUT2D eigenvalue weighted by Gasteiger charge is -2.49. The average molecular weight is 682 g/mol. The maximum absolute atomic E-state index is 13.5. The number of hydrogen-bond acceptors (Lipinski definition) is 11. The largest absolute Gasteiger partial charge is 0.456 e. The molecule has 0 saturated carbocycles. The van der Waals surface area contributed by atoms with E-state index in [-0.39, 0.29) is 41.1 Å². The number of halogens is 1. The Morgan fingerprint density at radius 1 is 0.894 bits per heavy atom. The van der Waals surface area contributed by atoms with E-state index < -0.39 is 51.2 Å². The molecule has 3 atom stereocenters. The highest BCUT2D eigenvalue weighted by molar-refractivity contribution is 8.00. The summed E-state index contributed by atoms with van der Waals surface area (Å²) in [5.74, 6) is -2.07. The first kappa shape index (κ1) is 32.9. The lowest BCUT2D eigenvalue weighted by atomic mass is 10.0. The zero-order chi connectivity index (χ0) is 33.7. The highest BCUT2D eigenvalue weighted by atomic mass is 35.5. The number of benzene rings is 3. The zero-order valence-electron chi connectivity index (χ0n) is 24.1. The molecule has 1 fully saturated rings. The van der Waals surface area contributed by atoms with Gasteiger partial charge in [0.05, 0.1) is 14.9 Å². The Balaban J connectivity index is 1.21. The van der Waals surface area contributed by atoms with Crippen LogP contribution in [-0.2, 0) is 37.1 Å². The molecule has 3 aromatic carbocycles. The van der Waals surface area contributed by atoms with Gasteiger partial charge in [0.2, 0.25) is 5.91 Å². The molecule has 242 valence electrons. The lowest BCUT2D eigenvalue weighted by Crippen LogP contribution is -2.71. The van der Waals surface area contributed by atoms with Crippen molar-refractivity contribution in [1.82, 2.24) is 15.5 Å². The quantitative estimate of drug-likeness (QED) is 0.128. The summed E-state index contributed by atoms with van der Waals surface area (Å²) in [5.41, 5.74) is 0.948. The van der Waals surface area contributed by atoms with Crippen LogP contribution in [0.1, 0.15) is 22.7 Å². The highest BCUT2D eigenvalue weighted by Gasteiger charge is 2.54. The summed E-state index contributed by atoms with van der Waals surface area (Å²) in [6.45, 7) is -0.451. The normalized spacial score (nSPS) is 17.5. The fourth-order valence-corrected chi connectivity index (χ4v) is 6.25. The summed E-state index contributed by atoms with van der Waals surface area (Å²) in [5, 5.41) is 26.3. The van der Waals surface area contributed by atoms with E-state index in [2.05, 4.69) is 10.6 Å². The molecule has 3 aromatic rings. The molecule has 47 heavy (non-hydrogen) atoms. The Labute approximate surface area is 275 Å². The van der Waals surface area contributed by atoms with Gasteiger partial charge in [-0.15, -0.1) is 11.8 Å². The van der Waals surface area contributed by atoms with Gasteiger partial charge in [-0.1, -0.05) is 41.9 Å². The van der Waals surface area contributed by atoms with Gasteiger partial charge in [0.25, 0.3) is 17.3 Å². The second kappa shape index (κ2) is 14.3. The number of nitrogens with zero attached hydrogens (tertiary/aromatic N) is 3. The monoisotopic (exact) mass is 681 g/mol. The Morgan fingerprint density at radius 3 is 2.00 bits per heavy atom. The number of fused-ring (bicyclic) bond motifs is 1. The smallest absolute Gasteiger partial charge is 0.408 e. The minimum Gasteiger partial charge on any atom is -0.456 e. The van der Waals surface area contributed by atoms with Gasteiger partial charge in [-0.25, -0.2) is 9.59 Å². The Kier molecular flexibility index (Phi) is 10.0. The Morgan fingerprint density at radius 2 is 1.45 bits per heavy atom. The lowest BCUT2D eigenvalue weighted by molar-refractivity contribution is -0.385. The van der Waals surface area contributed by atoms with Gasteiger partial charge in [0.15, 0.2) is 0 Å². The van der Waals surface area contributed by atoms with Crippen LogP contribution in [0.2, 0.25) is 0 Å². The highest BCUT2D eigenvalue weighted by Crippen LogP contribution is 2.42. The standard InChI is InChI=1S/C30H24ClN5O10S/c31-22-16-47-28-24(27(38)34(28)25(22)29(39)45-14-17-6-10-20(11-7-17)35(41)42)32-26(37)23(19-4-2-1-3-5-19)33-30(40)46-15-18-8-12-21(13-9-18)36(43)44/h1-13,23-24,28H,14-16H2,(H,32,37)(H,33,40)/t23?,24?,28-/m0/s1. The number of amides is 3. The number of non-ortho nitro benzene ring substituents is 2. The van der Waals surface area contributed by atoms with Crippen molar-refractivity contribution < 1.29 is 38.5 Å². The summed E-state index contributed by atoms with van der Waals surface area (Å²) in [6.07, 6.45) is -0.950. The molecular weight excluding hydrogens is 658 g/mol. The number of β-lactam (4-membered cyclic amide) rings is 1. The van der Waals surface area contributed by atoms with E-state index in [1.807, 2.05) is 0 Å². The molecular formula is C30H24ClN5O10S. The second-order valence-electron chi connectivity index (χ2n) is 10.1. The number of nitrogens with one attached hydrogen (secondary N) is 2. The molecule has 5 rings (SSSR count). The number of alkyl carbamates (subject to hydrolysis) is 1. The number of carbonyl (C=O) groups excluding carboxylic acids is 4. The van der Waals surface area contributed by atoms with E-state index in [1.54, 1.807) is 30.3 Å². The minimum atomic E-state index is -1.26. The molecule has 0 radical (unpaired) electrons. The van der Waals surface area contributed by atoms with Crippen molar-refractivity contribution in [3.63, 3.8) is 0 Å². The molecule has 0 bridgehead atoms. The van der Waals surface area contributed by atoms with Crippen molar-refractivity contribution in [2.45, 2.75) is 30.7 Å². The molecule has 2 aliphatic rings. The van der Waals surface area contributed by atoms with E-state index in [1.165, 1.54) is 60.3 Å². The van der Waals surface area contributed by atoms with Gasteiger partial charge in [-0.05, 0) is 41.0 Å². The number of carbonyl (C=O) groups is 4. The fourth-order valence-electron chi connectivity index (χ4n) is 4.71. The van der Waals surface area contributed by atoms with E-state index in [0.717, 1.165) is 4.90 Å². The van der Waals surface area contributed by atoms with Crippen LogP contribution in [-0.4, -0.2) is 55.8 Å². The first-order chi connectivity index (χ1) is 22.5. The van der Waals surface area contributed by atoms with Crippen molar-refractivity contribution in [3.8, 4) is 0 Å². The average Bonchev–Trinajstić information content (AvgIpc) is 3.08. The van der Waals surface area contributed by atoms with E-state index in [9.17, 15) is 39.4 Å². The summed E-state index contributed by atoms with van der Waals surface area (Å²) >= 11 is 7.54. The third-order valence-electron chi connectivity index (χ3n) is 7.10. The Bertz CT molecular complexity index is 1750. The number of nitro groups is 2. The van der Waals surface area contributed by atoms with Crippen LogP contribution < -0.4 is 10.6 Å². The van der Waals surface area contributed by atoms with E-state index >= 15 is 0 Å². The van der Waals surface area contributed by atoms with Crippen molar-refractivity contribution in [1.29, 1.82) is 0 Å². The number of nitro benzene ring substituents is 2. The van der Waals surface area contributed by atoms with Gasteiger partial charge >= 0.3 is 12.1 Å². The summed E-state index contributed by atoms with van der Waals surface area (Å²) in [4.78, 5) is 74.2. The van der Waals surface area contributed by atoms with Crippen LogP contribution in [0.4, 0.5) is 16.2 Å². The van der Waals surface area contributed by atoms with Crippen LogP contribution in [0, 0.1) is 20.2 Å². The van der Waals surface area contributed by atoms with Gasteiger partial charge in [-0.2, -0.15) is 0 Å². The van der Waals surface area contributed by atoms with E-state index in [0.29, 0.717) is 16.7 Å². The van der Waals surface area contributed by atoms with Crippen LogP contribution in [0.5, 0.6) is 0 Å². The summed E-state index contributed by atoms with van der Waals surface area (Å²) < 4.78 is 10.6. The number of hydrogen-bond donors (Lipinski definition) is 2. The van der Waals surface area contributed by atoms with Crippen LogP contribution >= 0.6 is 23.4 Å². The molecule has 0 spiro atoms. The molecule has 2 unspecified atom stereocenters. The van der Waals surface area contributed by atoms with Gasteiger partial charge < -0.3 is 20.1 Å². The van der Waals surface area contributed by atoms with Gasteiger partial charge in [0.1, 0.15) is 36.4 Å². The first-order valence-corrected chi connectivity index (χ1v) is 15.2. The second-order valence-corrected chi connectivity index (χ2v) is 11.7. The fraction of sp³-hybridized carbons (Fsp3) is 0.200. The van der Waals surface area contributed by atoms with Crippen LogP contribution in [0.15, 0.2) is 89.6 Å². The number of ether oxygens (including phenoxy) is 2. The molecule has 0 aliphatic carbocycles. The maximum atomic E-state index is 13.5. The third-order valence-corrected chi connectivity index (χ3v) is 8.86. The maximum Gasteiger partial charge on any atom is 0.408 e. The topological polar surface area (TPSA) is 200 Å². The van der Waals surface area contributed by atoms with Crippen LogP contribution in [0.3, 0.4) is 0 Å². The van der Waals surface area contributed by atoms with Crippen molar-refractivity contribution in [2.24, 2.45) is 0 Å². The SMILES string of the molecule is O=C(NC(C(=O)NC1C(=O)N2C(C(=O)OCc3ccc([N+](=O)[O-])cc3)=C(Cl)CS[C@@H]12)c1ccccc1)OCc1ccc([N+](=O)[O-])cc1. The molecule has 15 nitrogen and oxygen atoms in total. The molecule has 0 aromatic heterocycles. The molecule has 2 N–H and O–H groups in total. The summed E-state index contributed by atoms with van der Waals surface area (Å²) in [6, 6.07) is 16.7. The van der Waals surface area contributed by atoms with E-state index in [4.69, 9.17) is 21.1 Å². The van der Waals surface area contributed by atoms with Crippen LogP contribution in [0.25, 0.3) is 0 Å². The number of esters is 1. The predicted octanol–water partition coefficient (Wildman–Crippen LogP) is 4.06.